The van der Waals surface area contributed by atoms with Gasteiger partial charge in [-0.1, -0.05) is 0 Å². The van der Waals surface area contributed by atoms with Gasteiger partial charge in [-0.2, -0.15) is 5.10 Å². The first-order valence-corrected chi connectivity index (χ1v) is 6.82. The Hall–Kier alpha value is -2.08. The van der Waals surface area contributed by atoms with Gasteiger partial charge in [0.25, 0.3) is 0 Å². The summed E-state index contributed by atoms with van der Waals surface area (Å²) < 4.78 is 4.56. The lowest BCUT2D eigenvalue weighted by molar-refractivity contribution is 0.759. The molecule has 3 aromatic rings. The molecule has 0 spiro atoms. The molecule has 2 heterocycles. The quantitative estimate of drug-likeness (QED) is 0.737. The van der Waals surface area contributed by atoms with Crippen LogP contribution in [0.15, 0.2) is 24.3 Å². The predicted octanol–water partition coefficient (Wildman–Crippen LogP) is 2.80. The van der Waals surface area contributed by atoms with Gasteiger partial charge in [-0.3, -0.25) is 4.57 Å². The van der Waals surface area contributed by atoms with Crippen molar-refractivity contribution in [3.8, 4) is 5.69 Å². The number of H-pyrrole nitrogens is 1. The Morgan fingerprint density at radius 1 is 1.20 bits per heavy atom. The van der Waals surface area contributed by atoms with Gasteiger partial charge in [-0.15, -0.1) is 0 Å². The fraction of sp³-hybridized carbons (Fsp3) is 0.286. The molecule has 0 atom stereocenters. The van der Waals surface area contributed by atoms with Gasteiger partial charge in [0, 0.05) is 26.8 Å². The van der Waals surface area contributed by atoms with Crippen LogP contribution in [0.1, 0.15) is 5.69 Å². The predicted molar refractivity (Wildman–Crippen MR) is 84.3 cm³/mol. The molecule has 0 radical (unpaired) electrons. The highest BCUT2D eigenvalue weighted by molar-refractivity contribution is 7.71. The number of hydrogen-bond donors (Lipinski definition) is 1. The monoisotopic (exact) mass is 287 g/mol. The summed E-state index contributed by atoms with van der Waals surface area (Å²) in [5, 5.41) is 4.43. The molecule has 0 aliphatic carbocycles. The third kappa shape index (κ3) is 1.84. The Morgan fingerprint density at radius 2 is 1.85 bits per heavy atom. The molecule has 0 saturated heterocycles. The third-order valence-electron chi connectivity index (χ3n) is 3.46. The number of fused-ring (bicyclic) bond motifs is 1. The lowest BCUT2D eigenvalue weighted by atomic mass is 10.2. The van der Waals surface area contributed by atoms with Crippen molar-refractivity contribution in [2.45, 2.75) is 6.92 Å². The Labute approximate surface area is 122 Å². The molecular formula is C14H17N5S. The van der Waals surface area contributed by atoms with Gasteiger partial charge in [0.2, 0.25) is 0 Å². The van der Waals surface area contributed by atoms with Crippen LogP contribution in [0, 0.1) is 11.7 Å². The van der Waals surface area contributed by atoms with E-state index in [1.807, 2.05) is 37.3 Å². The molecule has 0 aliphatic rings. The Morgan fingerprint density at radius 3 is 2.45 bits per heavy atom. The molecule has 0 unspecified atom stereocenters. The number of aromatic amines is 1. The second-order valence-electron chi connectivity index (χ2n) is 5.08. The second kappa shape index (κ2) is 4.49. The summed E-state index contributed by atoms with van der Waals surface area (Å²) in [6, 6.07) is 8.31. The molecule has 0 saturated carbocycles. The van der Waals surface area contributed by atoms with Gasteiger partial charge in [0.05, 0.1) is 11.4 Å². The standard InChI is InChI=1S/C14H17N5S/c1-9-12-13(18(4)16-9)19(14(20)15-12)11-7-5-10(6-8-11)17(2)3/h5-8H,1-4H3,(H,15,20). The maximum Gasteiger partial charge on any atom is 0.184 e. The molecule has 2 aromatic heterocycles. The van der Waals surface area contributed by atoms with E-state index in [1.54, 1.807) is 0 Å². The van der Waals surface area contributed by atoms with E-state index in [0.717, 1.165) is 28.2 Å². The fourth-order valence-electron chi connectivity index (χ4n) is 2.45. The van der Waals surface area contributed by atoms with E-state index in [9.17, 15) is 0 Å². The van der Waals surface area contributed by atoms with Crippen LogP contribution in [0.5, 0.6) is 0 Å². The summed E-state index contributed by atoms with van der Waals surface area (Å²) in [6.07, 6.45) is 0. The molecule has 0 fully saturated rings. The largest absolute Gasteiger partial charge is 0.378 e. The van der Waals surface area contributed by atoms with E-state index >= 15 is 0 Å². The van der Waals surface area contributed by atoms with Gasteiger partial charge in [-0.25, -0.2) is 4.68 Å². The molecule has 104 valence electrons. The zero-order valence-corrected chi connectivity index (χ0v) is 12.8. The van der Waals surface area contributed by atoms with Gasteiger partial charge in [0.1, 0.15) is 5.52 Å². The number of rotatable bonds is 2. The number of aryl methyl sites for hydroxylation is 2. The summed E-state index contributed by atoms with van der Waals surface area (Å²) in [7, 11) is 5.99. The van der Waals surface area contributed by atoms with E-state index in [0.29, 0.717) is 4.77 Å². The van der Waals surface area contributed by atoms with Crippen molar-refractivity contribution in [1.82, 2.24) is 19.3 Å². The lowest BCUT2D eigenvalue weighted by Crippen LogP contribution is -2.08. The minimum Gasteiger partial charge on any atom is -0.378 e. The smallest absolute Gasteiger partial charge is 0.184 e. The van der Waals surface area contributed by atoms with Crippen LogP contribution in [0.25, 0.3) is 16.9 Å². The highest BCUT2D eigenvalue weighted by atomic mass is 32.1. The average Bonchev–Trinajstić information content (AvgIpc) is 2.88. The van der Waals surface area contributed by atoms with Crippen molar-refractivity contribution in [2.75, 3.05) is 19.0 Å². The molecule has 0 aliphatic heterocycles. The molecule has 1 aromatic carbocycles. The van der Waals surface area contributed by atoms with Crippen LogP contribution in [0.4, 0.5) is 5.69 Å². The highest BCUT2D eigenvalue weighted by Crippen LogP contribution is 2.23. The molecule has 3 rings (SSSR count). The van der Waals surface area contributed by atoms with Crippen LogP contribution in [-0.2, 0) is 7.05 Å². The molecule has 1 N–H and O–H groups in total. The number of anilines is 1. The van der Waals surface area contributed by atoms with E-state index in [4.69, 9.17) is 12.2 Å². The van der Waals surface area contributed by atoms with Crippen LogP contribution >= 0.6 is 12.2 Å². The summed E-state index contributed by atoms with van der Waals surface area (Å²) in [4.78, 5) is 5.31. The van der Waals surface area contributed by atoms with Crippen LogP contribution < -0.4 is 4.90 Å². The van der Waals surface area contributed by atoms with Crippen LogP contribution in [-0.4, -0.2) is 33.4 Å². The number of hydrogen-bond acceptors (Lipinski definition) is 3. The van der Waals surface area contributed by atoms with E-state index in [1.165, 1.54) is 0 Å². The summed E-state index contributed by atoms with van der Waals surface area (Å²) in [5.41, 5.74) is 5.14. The van der Waals surface area contributed by atoms with Crippen molar-refractivity contribution in [2.24, 2.45) is 7.05 Å². The van der Waals surface area contributed by atoms with Gasteiger partial charge < -0.3 is 9.88 Å². The summed E-state index contributed by atoms with van der Waals surface area (Å²) in [6.45, 7) is 1.98. The van der Waals surface area contributed by atoms with Crippen molar-refractivity contribution in [3.05, 3.63) is 34.7 Å². The topological polar surface area (TPSA) is 41.8 Å². The Bertz CT molecular complexity index is 820. The summed E-state index contributed by atoms with van der Waals surface area (Å²) >= 11 is 5.45. The Kier molecular flexibility index (Phi) is 2.90. The van der Waals surface area contributed by atoms with E-state index in [2.05, 4.69) is 39.2 Å². The van der Waals surface area contributed by atoms with Crippen LogP contribution in [0.3, 0.4) is 0 Å². The minimum absolute atomic E-state index is 0.689. The number of imidazole rings is 1. The molecular weight excluding hydrogens is 270 g/mol. The second-order valence-corrected chi connectivity index (χ2v) is 5.47. The molecule has 5 nitrogen and oxygen atoms in total. The minimum atomic E-state index is 0.689. The number of aromatic nitrogens is 4. The van der Waals surface area contributed by atoms with Crippen molar-refractivity contribution in [1.29, 1.82) is 0 Å². The first-order valence-electron chi connectivity index (χ1n) is 6.41. The first kappa shape index (κ1) is 12.9. The first-order chi connectivity index (χ1) is 9.49. The third-order valence-corrected chi connectivity index (χ3v) is 3.75. The SMILES string of the molecule is Cc1nn(C)c2c1[nH]c(=S)n2-c1ccc(N(C)C)cc1. The molecule has 20 heavy (non-hydrogen) atoms. The normalized spacial score (nSPS) is 11.2. The van der Waals surface area contributed by atoms with Gasteiger partial charge >= 0.3 is 0 Å². The highest BCUT2D eigenvalue weighted by Gasteiger charge is 2.13. The zero-order valence-electron chi connectivity index (χ0n) is 12.0. The average molecular weight is 287 g/mol. The van der Waals surface area contributed by atoms with Gasteiger partial charge in [-0.05, 0) is 43.4 Å². The van der Waals surface area contributed by atoms with Crippen molar-refractivity contribution in [3.63, 3.8) is 0 Å². The zero-order chi connectivity index (χ0) is 14.4. The molecule has 0 amide bonds. The Balaban J connectivity index is 2.23. The van der Waals surface area contributed by atoms with Crippen LogP contribution in [0.2, 0.25) is 0 Å². The maximum absolute atomic E-state index is 5.45. The molecule has 6 heteroatoms. The number of nitrogens with one attached hydrogen (secondary N) is 1. The number of nitrogens with zero attached hydrogens (tertiary/aromatic N) is 4. The van der Waals surface area contributed by atoms with Gasteiger partial charge in [0.15, 0.2) is 10.4 Å². The van der Waals surface area contributed by atoms with Crippen molar-refractivity contribution >= 4 is 29.1 Å². The maximum atomic E-state index is 5.45. The molecule has 0 bridgehead atoms. The van der Waals surface area contributed by atoms with E-state index < -0.39 is 0 Å². The number of benzene rings is 1. The van der Waals surface area contributed by atoms with E-state index in [-0.39, 0.29) is 0 Å². The fourth-order valence-corrected chi connectivity index (χ4v) is 2.74. The summed E-state index contributed by atoms with van der Waals surface area (Å²) in [5.74, 6) is 0. The van der Waals surface area contributed by atoms with Crippen molar-refractivity contribution < 1.29 is 0 Å². The lowest BCUT2D eigenvalue weighted by Gasteiger charge is -2.13.